The number of fused-ring (bicyclic) bond motifs is 1. The highest BCUT2D eigenvalue weighted by Crippen LogP contribution is 2.22. The molecule has 0 saturated carbocycles. The second kappa shape index (κ2) is 5.26. The van der Waals surface area contributed by atoms with Crippen LogP contribution in [0.1, 0.15) is 37.3 Å². The van der Waals surface area contributed by atoms with Crippen LogP contribution in [0.4, 0.5) is 0 Å². The summed E-state index contributed by atoms with van der Waals surface area (Å²) in [6.07, 6.45) is 2.90. The Kier molecular flexibility index (Phi) is 3.73. The van der Waals surface area contributed by atoms with Crippen molar-refractivity contribution in [1.82, 2.24) is 4.90 Å². The maximum Gasteiger partial charge on any atom is 0.129 e. The summed E-state index contributed by atoms with van der Waals surface area (Å²) in [5.74, 6) is 0.310. The van der Waals surface area contributed by atoms with Crippen LogP contribution < -0.4 is 0 Å². The molecule has 0 atom stereocenters. The van der Waals surface area contributed by atoms with E-state index in [9.17, 15) is 4.79 Å². The van der Waals surface area contributed by atoms with E-state index in [0.717, 1.165) is 38.9 Å². The minimum atomic E-state index is 0.310. The van der Waals surface area contributed by atoms with Crippen molar-refractivity contribution < 1.29 is 4.79 Å². The van der Waals surface area contributed by atoms with Crippen molar-refractivity contribution in [3.8, 4) is 0 Å². The number of hydrogen-bond acceptors (Lipinski definition) is 2. The average molecular weight is 217 g/mol. The first kappa shape index (κ1) is 11.3. The molecule has 0 unspecified atom stereocenters. The van der Waals surface area contributed by atoms with E-state index in [1.165, 1.54) is 11.1 Å². The largest absolute Gasteiger partial charge is 0.300 e. The summed E-state index contributed by atoms with van der Waals surface area (Å²) < 4.78 is 0. The quantitative estimate of drug-likeness (QED) is 0.707. The minimum Gasteiger partial charge on any atom is -0.300 e. The SMILES string of the molecule is CC(=O)CCCCN1Cc2ccccc2C1. The molecular formula is C14H19NO. The van der Waals surface area contributed by atoms with Crippen molar-refractivity contribution in [2.75, 3.05) is 6.54 Å². The van der Waals surface area contributed by atoms with Gasteiger partial charge in [0, 0.05) is 19.5 Å². The Morgan fingerprint density at radius 1 is 1.19 bits per heavy atom. The lowest BCUT2D eigenvalue weighted by atomic mass is 10.1. The van der Waals surface area contributed by atoms with E-state index >= 15 is 0 Å². The van der Waals surface area contributed by atoms with Crippen LogP contribution in [0, 0.1) is 0 Å². The zero-order valence-corrected chi connectivity index (χ0v) is 9.91. The molecular weight excluding hydrogens is 198 g/mol. The lowest BCUT2D eigenvalue weighted by Gasteiger charge is -2.13. The molecule has 16 heavy (non-hydrogen) atoms. The fourth-order valence-corrected chi connectivity index (χ4v) is 2.27. The first-order valence-corrected chi connectivity index (χ1v) is 6.04. The monoisotopic (exact) mass is 217 g/mol. The van der Waals surface area contributed by atoms with Gasteiger partial charge in [-0.25, -0.2) is 0 Å². The summed E-state index contributed by atoms with van der Waals surface area (Å²) in [6, 6.07) is 8.64. The maximum absolute atomic E-state index is 10.8. The van der Waals surface area contributed by atoms with Crippen LogP contribution in [0.3, 0.4) is 0 Å². The van der Waals surface area contributed by atoms with E-state index < -0.39 is 0 Å². The van der Waals surface area contributed by atoms with E-state index in [0.29, 0.717) is 5.78 Å². The first-order valence-electron chi connectivity index (χ1n) is 6.04. The molecule has 0 amide bonds. The molecule has 0 N–H and O–H groups in total. The van der Waals surface area contributed by atoms with Crippen molar-refractivity contribution in [3.63, 3.8) is 0 Å². The van der Waals surface area contributed by atoms with Gasteiger partial charge >= 0.3 is 0 Å². The Hall–Kier alpha value is -1.15. The molecule has 1 aliphatic heterocycles. The second-order valence-corrected chi connectivity index (χ2v) is 4.64. The van der Waals surface area contributed by atoms with Crippen LogP contribution in [-0.4, -0.2) is 17.2 Å². The third-order valence-corrected chi connectivity index (χ3v) is 3.16. The molecule has 1 aliphatic rings. The number of nitrogens with zero attached hydrogens (tertiary/aromatic N) is 1. The highest BCUT2D eigenvalue weighted by molar-refractivity contribution is 5.75. The second-order valence-electron chi connectivity index (χ2n) is 4.64. The summed E-state index contributed by atoms with van der Waals surface area (Å²) >= 11 is 0. The topological polar surface area (TPSA) is 20.3 Å². The van der Waals surface area contributed by atoms with Gasteiger partial charge in [0.2, 0.25) is 0 Å². The molecule has 0 aromatic heterocycles. The van der Waals surface area contributed by atoms with E-state index in [1.807, 2.05) is 0 Å². The minimum absolute atomic E-state index is 0.310. The van der Waals surface area contributed by atoms with Crippen molar-refractivity contribution in [3.05, 3.63) is 35.4 Å². The first-order chi connectivity index (χ1) is 7.75. The van der Waals surface area contributed by atoms with Gasteiger partial charge < -0.3 is 4.79 Å². The fourth-order valence-electron chi connectivity index (χ4n) is 2.27. The highest BCUT2D eigenvalue weighted by atomic mass is 16.1. The van der Waals surface area contributed by atoms with Gasteiger partial charge in [-0.05, 0) is 37.4 Å². The van der Waals surface area contributed by atoms with Gasteiger partial charge in [-0.2, -0.15) is 0 Å². The maximum atomic E-state index is 10.8. The molecule has 2 heteroatoms. The van der Waals surface area contributed by atoms with Crippen molar-refractivity contribution in [1.29, 1.82) is 0 Å². The lowest BCUT2D eigenvalue weighted by Crippen LogP contribution is -2.17. The highest BCUT2D eigenvalue weighted by Gasteiger charge is 2.16. The van der Waals surface area contributed by atoms with Gasteiger partial charge in [0.25, 0.3) is 0 Å². The molecule has 0 radical (unpaired) electrons. The van der Waals surface area contributed by atoms with Gasteiger partial charge in [-0.1, -0.05) is 24.3 Å². The molecule has 1 aromatic rings. The molecule has 0 saturated heterocycles. The van der Waals surface area contributed by atoms with Crippen LogP contribution >= 0.6 is 0 Å². The number of carbonyl (C=O) groups is 1. The smallest absolute Gasteiger partial charge is 0.129 e. The Morgan fingerprint density at radius 2 is 1.81 bits per heavy atom. The number of unbranched alkanes of at least 4 members (excludes halogenated alkanes) is 1. The molecule has 2 rings (SSSR count). The Labute approximate surface area is 97.3 Å². The van der Waals surface area contributed by atoms with Gasteiger partial charge in [-0.15, -0.1) is 0 Å². The molecule has 1 heterocycles. The van der Waals surface area contributed by atoms with E-state index in [4.69, 9.17) is 0 Å². The van der Waals surface area contributed by atoms with Crippen molar-refractivity contribution >= 4 is 5.78 Å². The molecule has 2 nitrogen and oxygen atoms in total. The van der Waals surface area contributed by atoms with Crippen LogP contribution in [-0.2, 0) is 17.9 Å². The van der Waals surface area contributed by atoms with E-state index in [-0.39, 0.29) is 0 Å². The van der Waals surface area contributed by atoms with Crippen LogP contribution in [0.25, 0.3) is 0 Å². The number of rotatable bonds is 5. The third kappa shape index (κ3) is 2.92. The Balaban J connectivity index is 1.73. The standard InChI is InChI=1S/C14H19NO/c1-12(16)6-4-5-9-15-10-13-7-2-3-8-14(13)11-15/h2-3,7-8H,4-6,9-11H2,1H3. The van der Waals surface area contributed by atoms with Crippen molar-refractivity contribution in [2.24, 2.45) is 0 Å². The predicted molar refractivity (Wildman–Crippen MR) is 65.1 cm³/mol. The summed E-state index contributed by atoms with van der Waals surface area (Å²) in [4.78, 5) is 13.3. The molecule has 0 fully saturated rings. The number of hydrogen-bond donors (Lipinski definition) is 0. The average Bonchev–Trinajstić information content (AvgIpc) is 2.66. The summed E-state index contributed by atoms with van der Waals surface area (Å²) in [7, 11) is 0. The summed E-state index contributed by atoms with van der Waals surface area (Å²) in [5, 5.41) is 0. The predicted octanol–water partition coefficient (Wildman–Crippen LogP) is 2.76. The summed E-state index contributed by atoms with van der Waals surface area (Å²) in [5.41, 5.74) is 2.93. The molecule has 1 aromatic carbocycles. The van der Waals surface area contributed by atoms with E-state index in [2.05, 4.69) is 29.2 Å². The van der Waals surface area contributed by atoms with Crippen molar-refractivity contribution in [2.45, 2.75) is 39.3 Å². The number of benzene rings is 1. The Morgan fingerprint density at radius 3 is 2.38 bits per heavy atom. The molecule has 0 bridgehead atoms. The number of ketones is 1. The molecule has 0 spiro atoms. The van der Waals surface area contributed by atoms with Crippen LogP contribution in [0.5, 0.6) is 0 Å². The van der Waals surface area contributed by atoms with Crippen LogP contribution in [0.15, 0.2) is 24.3 Å². The Bertz CT molecular complexity index is 348. The van der Waals surface area contributed by atoms with Crippen LogP contribution in [0.2, 0.25) is 0 Å². The zero-order chi connectivity index (χ0) is 11.4. The van der Waals surface area contributed by atoms with E-state index in [1.54, 1.807) is 6.92 Å². The lowest BCUT2D eigenvalue weighted by molar-refractivity contribution is -0.117. The van der Waals surface area contributed by atoms with Gasteiger partial charge in [0.05, 0.1) is 0 Å². The van der Waals surface area contributed by atoms with Gasteiger partial charge in [0.15, 0.2) is 0 Å². The van der Waals surface area contributed by atoms with Gasteiger partial charge in [-0.3, -0.25) is 4.90 Å². The molecule has 86 valence electrons. The normalized spacial score (nSPS) is 15.1. The van der Waals surface area contributed by atoms with Gasteiger partial charge in [0.1, 0.15) is 5.78 Å². The zero-order valence-electron chi connectivity index (χ0n) is 9.91. The molecule has 0 aliphatic carbocycles. The number of Topliss-reactive ketones (excluding diaryl/α,β-unsaturated/α-hetero) is 1. The summed E-state index contributed by atoms with van der Waals surface area (Å²) in [6.45, 7) is 4.94. The number of carbonyl (C=O) groups excluding carboxylic acids is 1. The fraction of sp³-hybridized carbons (Fsp3) is 0.500. The third-order valence-electron chi connectivity index (χ3n) is 3.16.